The van der Waals surface area contributed by atoms with E-state index in [-0.39, 0.29) is 18.1 Å². The molecule has 0 radical (unpaired) electrons. The summed E-state index contributed by atoms with van der Waals surface area (Å²) >= 11 is 0. The Kier molecular flexibility index (Phi) is 7.35. The van der Waals surface area contributed by atoms with E-state index in [0.29, 0.717) is 35.0 Å². The van der Waals surface area contributed by atoms with Gasteiger partial charge < -0.3 is 14.6 Å². The molecule has 6 nitrogen and oxygen atoms in total. The highest BCUT2D eigenvalue weighted by atomic mass is 19.1. The third kappa shape index (κ3) is 4.87. The number of rotatable bonds is 8. The summed E-state index contributed by atoms with van der Waals surface area (Å²) in [6, 6.07) is 5.00. The second-order valence-electron chi connectivity index (χ2n) is 12.2. The fourth-order valence-corrected chi connectivity index (χ4v) is 6.58. The van der Waals surface area contributed by atoms with Crippen LogP contribution in [-0.4, -0.2) is 68.7 Å². The fourth-order valence-electron chi connectivity index (χ4n) is 6.58. The predicted molar refractivity (Wildman–Crippen MR) is 149 cm³/mol. The van der Waals surface area contributed by atoms with E-state index in [1.54, 1.807) is 18.0 Å². The molecule has 2 fully saturated rings. The van der Waals surface area contributed by atoms with Gasteiger partial charge in [0.2, 0.25) is 0 Å². The zero-order valence-corrected chi connectivity index (χ0v) is 23.5. The lowest BCUT2D eigenvalue weighted by Gasteiger charge is -2.52. The highest BCUT2D eigenvalue weighted by Crippen LogP contribution is 2.40. The summed E-state index contributed by atoms with van der Waals surface area (Å²) in [6.45, 7) is 12.7. The zero-order valence-electron chi connectivity index (χ0n) is 23.5. The number of hydrogen-bond acceptors (Lipinski definition) is 4. The summed E-state index contributed by atoms with van der Waals surface area (Å²) in [5, 5.41) is 11.0. The van der Waals surface area contributed by atoms with Crippen LogP contribution in [0.2, 0.25) is 0 Å². The predicted octanol–water partition coefficient (Wildman–Crippen LogP) is 5.22. The number of pyridine rings is 1. The van der Waals surface area contributed by atoms with Gasteiger partial charge in [-0.1, -0.05) is 13.8 Å². The van der Waals surface area contributed by atoms with E-state index < -0.39 is 5.82 Å². The van der Waals surface area contributed by atoms with E-state index in [4.69, 9.17) is 0 Å². The second kappa shape index (κ2) is 10.4. The van der Waals surface area contributed by atoms with Gasteiger partial charge in [-0.05, 0) is 87.1 Å². The van der Waals surface area contributed by atoms with Crippen molar-refractivity contribution < 1.29 is 14.3 Å². The molecule has 5 rings (SSSR count). The Morgan fingerprint density at radius 2 is 1.89 bits per heavy atom. The van der Waals surface area contributed by atoms with Gasteiger partial charge in [-0.25, -0.2) is 4.39 Å². The van der Waals surface area contributed by atoms with Crippen LogP contribution in [0.5, 0.6) is 0 Å². The van der Waals surface area contributed by atoms with Crippen LogP contribution >= 0.6 is 0 Å². The SMILES string of the molecule is Cc1cncc2c1c(CC1CN([C@H](C(C)C)C3CC(O)C3)C1)cn2-c1ccc(F)cc1C(=O)N(C)C(C)C. The molecular formula is C31H41FN4O2. The van der Waals surface area contributed by atoms with Crippen LogP contribution in [0.1, 0.15) is 62.0 Å². The molecule has 1 aromatic carbocycles. The molecule has 1 amide bonds. The average Bonchev–Trinajstić information content (AvgIpc) is 3.19. The van der Waals surface area contributed by atoms with Crippen molar-refractivity contribution in [2.24, 2.45) is 17.8 Å². The number of aryl methyl sites for hydroxylation is 1. The van der Waals surface area contributed by atoms with Crippen molar-refractivity contribution >= 4 is 16.8 Å². The number of aromatic nitrogens is 2. The maximum Gasteiger partial charge on any atom is 0.256 e. The normalized spacial score (nSPS) is 21.1. The monoisotopic (exact) mass is 520 g/mol. The molecule has 1 saturated carbocycles. The highest BCUT2D eigenvalue weighted by Gasteiger charge is 2.42. The zero-order chi connectivity index (χ0) is 27.3. The van der Waals surface area contributed by atoms with Gasteiger partial charge in [0.1, 0.15) is 5.82 Å². The van der Waals surface area contributed by atoms with Gasteiger partial charge in [-0.2, -0.15) is 0 Å². The van der Waals surface area contributed by atoms with Gasteiger partial charge in [0.05, 0.1) is 29.1 Å². The number of nitrogens with zero attached hydrogens (tertiary/aromatic N) is 4. The van der Waals surface area contributed by atoms with E-state index in [2.05, 4.69) is 36.9 Å². The lowest BCUT2D eigenvalue weighted by Crippen LogP contribution is -2.59. The van der Waals surface area contributed by atoms with Crippen LogP contribution < -0.4 is 0 Å². The number of hydrogen-bond donors (Lipinski definition) is 1. The van der Waals surface area contributed by atoms with Gasteiger partial charge in [0, 0.05) is 50.0 Å². The second-order valence-corrected chi connectivity index (χ2v) is 12.2. The van der Waals surface area contributed by atoms with Crippen LogP contribution in [0.25, 0.3) is 16.6 Å². The fraction of sp³-hybridized carbons (Fsp3) is 0.548. The minimum Gasteiger partial charge on any atom is -0.393 e. The molecule has 0 unspecified atom stereocenters. The quantitative estimate of drug-likeness (QED) is 0.442. The molecule has 1 N–H and O–H groups in total. The van der Waals surface area contributed by atoms with Crippen molar-refractivity contribution in [1.82, 2.24) is 19.4 Å². The number of halogens is 1. The molecule has 2 aliphatic rings. The molecular weight excluding hydrogens is 479 g/mol. The summed E-state index contributed by atoms with van der Waals surface area (Å²) in [4.78, 5) is 22.1. The Bertz CT molecular complexity index is 1320. The van der Waals surface area contributed by atoms with Crippen molar-refractivity contribution in [2.45, 2.75) is 72.1 Å². The molecule has 3 heterocycles. The minimum atomic E-state index is -0.423. The molecule has 3 aromatic rings. The van der Waals surface area contributed by atoms with E-state index in [9.17, 15) is 14.3 Å². The van der Waals surface area contributed by atoms with E-state index in [1.807, 2.05) is 30.8 Å². The third-order valence-electron chi connectivity index (χ3n) is 8.76. The van der Waals surface area contributed by atoms with Crippen molar-refractivity contribution in [2.75, 3.05) is 20.1 Å². The van der Waals surface area contributed by atoms with Crippen molar-refractivity contribution in [3.05, 3.63) is 59.3 Å². The molecule has 2 aromatic heterocycles. The number of benzene rings is 1. The van der Waals surface area contributed by atoms with Crippen molar-refractivity contribution in [3.63, 3.8) is 0 Å². The lowest BCUT2D eigenvalue weighted by molar-refractivity contribution is -0.0596. The smallest absolute Gasteiger partial charge is 0.256 e. The van der Waals surface area contributed by atoms with E-state index in [0.717, 1.165) is 43.4 Å². The summed E-state index contributed by atoms with van der Waals surface area (Å²) in [5.74, 6) is 1.10. The van der Waals surface area contributed by atoms with Crippen molar-refractivity contribution in [1.29, 1.82) is 0 Å². The summed E-state index contributed by atoms with van der Waals surface area (Å²) in [5.41, 5.74) is 4.30. The van der Waals surface area contributed by atoms with Crippen LogP contribution in [0.4, 0.5) is 4.39 Å². The largest absolute Gasteiger partial charge is 0.393 e. The number of amides is 1. The molecule has 204 valence electrons. The Morgan fingerprint density at radius 3 is 2.53 bits per heavy atom. The Morgan fingerprint density at radius 1 is 1.18 bits per heavy atom. The molecule has 1 saturated heterocycles. The Labute approximate surface area is 225 Å². The van der Waals surface area contributed by atoms with Gasteiger partial charge in [0.25, 0.3) is 5.91 Å². The Balaban J connectivity index is 1.45. The molecule has 0 bridgehead atoms. The van der Waals surface area contributed by atoms with Crippen molar-refractivity contribution in [3.8, 4) is 5.69 Å². The number of likely N-dealkylation sites (tertiary alicyclic amines) is 1. The number of aliphatic hydroxyl groups is 1. The maximum atomic E-state index is 14.4. The first-order valence-electron chi connectivity index (χ1n) is 14.0. The van der Waals surface area contributed by atoms with Gasteiger partial charge >= 0.3 is 0 Å². The minimum absolute atomic E-state index is 0.000997. The molecule has 1 atom stereocenters. The topological polar surface area (TPSA) is 61.6 Å². The standard InChI is InChI=1S/C31H41FN4O2/c1-18(2)30(22-10-25(37)11-22)35-15-21(16-35)9-23-17-36(28-14-33-13-20(5)29(23)28)27-8-7-24(32)12-26(27)31(38)34(6)19(3)4/h7-8,12-14,17-19,21-22,25,30,37H,9-11,15-16H2,1-6H3/t22?,25?,30-/m1/s1. The first-order valence-corrected chi connectivity index (χ1v) is 14.0. The van der Waals surface area contributed by atoms with Gasteiger partial charge in [-0.15, -0.1) is 0 Å². The Hall–Kier alpha value is -2.77. The summed E-state index contributed by atoms with van der Waals surface area (Å²) < 4.78 is 16.4. The lowest BCUT2D eigenvalue weighted by atomic mass is 9.71. The highest BCUT2D eigenvalue weighted by molar-refractivity contribution is 5.99. The van der Waals surface area contributed by atoms with Crippen LogP contribution in [0, 0.1) is 30.5 Å². The van der Waals surface area contributed by atoms with Crippen LogP contribution in [-0.2, 0) is 6.42 Å². The molecule has 0 spiro atoms. The number of fused-ring (bicyclic) bond motifs is 1. The molecule has 1 aliphatic carbocycles. The number of aliphatic hydroxyl groups excluding tert-OH is 1. The summed E-state index contributed by atoms with van der Waals surface area (Å²) in [6.07, 6.45) is 8.54. The molecule has 38 heavy (non-hydrogen) atoms. The summed E-state index contributed by atoms with van der Waals surface area (Å²) in [7, 11) is 1.75. The first kappa shape index (κ1) is 26.8. The number of carbonyl (C=O) groups excluding carboxylic acids is 1. The average molecular weight is 521 g/mol. The van der Waals surface area contributed by atoms with Crippen LogP contribution in [0.3, 0.4) is 0 Å². The van der Waals surface area contributed by atoms with Crippen LogP contribution in [0.15, 0.2) is 36.8 Å². The van der Waals surface area contributed by atoms with Gasteiger partial charge in [-0.3, -0.25) is 14.7 Å². The third-order valence-corrected chi connectivity index (χ3v) is 8.76. The molecule has 7 heteroatoms. The first-order chi connectivity index (χ1) is 18.0. The van der Waals surface area contributed by atoms with E-state index in [1.165, 1.54) is 23.1 Å². The number of carbonyl (C=O) groups is 1. The van der Waals surface area contributed by atoms with Gasteiger partial charge in [0.15, 0.2) is 0 Å². The maximum absolute atomic E-state index is 14.4. The molecule has 1 aliphatic heterocycles. The van der Waals surface area contributed by atoms with E-state index >= 15 is 0 Å².